The van der Waals surface area contributed by atoms with Crippen molar-refractivity contribution in [1.82, 2.24) is 30.3 Å². The van der Waals surface area contributed by atoms with Gasteiger partial charge in [-0.25, -0.2) is 4.39 Å². The first-order valence-corrected chi connectivity index (χ1v) is 9.33. The number of benzene rings is 1. The Kier molecular flexibility index (Phi) is 8.45. The predicted molar refractivity (Wildman–Crippen MR) is 126 cm³/mol. The Bertz CT molecular complexity index is 947. The smallest absolute Gasteiger partial charge is 0.191 e. The van der Waals surface area contributed by atoms with E-state index in [9.17, 15) is 4.39 Å². The minimum atomic E-state index is -0.219. The largest absolute Gasteiger partial charge is 0.361 e. The molecule has 2 heterocycles. The Morgan fingerprint density at radius 2 is 2.14 bits per heavy atom. The number of fused-ring (bicyclic) bond motifs is 1. The van der Waals surface area contributed by atoms with Gasteiger partial charge in [0.2, 0.25) is 0 Å². The number of nitrogens with one attached hydrogen (secondary N) is 3. The summed E-state index contributed by atoms with van der Waals surface area (Å²) in [6.45, 7) is 1.40. The highest BCUT2D eigenvalue weighted by atomic mass is 127. The number of hydrogen-bond donors (Lipinski definition) is 3. The first-order chi connectivity index (χ1) is 13.5. The summed E-state index contributed by atoms with van der Waals surface area (Å²) in [5.41, 5.74) is 3.18. The van der Waals surface area contributed by atoms with Crippen LogP contribution in [-0.4, -0.2) is 59.9 Å². The van der Waals surface area contributed by atoms with Gasteiger partial charge in [-0.1, -0.05) is 0 Å². The van der Waals surface area contributed by atoms with E-state index in [2.05, 4.69) is 30.6 Å². The van der Waals surface area contributed by atoms with Crippen LogP contribution >= 0.6 is 24.0 Å². The summed E-state index contributed by atoms with van der Waals surface area (Å²) in [5, 5.41) is 11.9. The third kappa shape index (κ3) is 5.92. The molecule has 1 atom stereocenters. The lowest BCUT2D eigenvalue weighted by molar-refractivity contribution is 0.298. The first kappa shape index (κ1) is 23.1. The summed E-state index contributed by atoms with van der Waals surface area (Å²) in [7, 11) is 7.77. The highest BCUT2D eigenvalue weighted by molar-refractivity contribution is 14.0. The molecular weight excluding hydrogens is 484 g/mol. The van der Waals surface area contributed by atoms with Crippen LogP contribution in [0.4, 0.5) is 4.39 Å². The monoisotopic (exact) mass is 513 g/mol. The summed E-state index contributed by atoms with van der Waals surface area (Å²) in [6, 6.07) is 4.99. The topological polar surface area (TPSA) is 73.3 Å². The average molecular weight is 513 g/mol. The van der Waals surface area contributed by atoms with Crippen molar-refractivity contribution in [3.05, 3.63) is 53.7 Å². The zero-order valence-electron chi connectivity index (χ0n) is 17.2. The molecule has 0 fully saturated rings. The highest BCUT2D eigenvalue weighted by Crippen LogP contribution is 2.19. The molecule has 0 spiro atoms. The van der Waals surface area contributed by atoms with Crippen molar-refractivity contribution in [2.75, 3.05) is 34.2 Å². The molecule has 2 aromatic heterocycles. The SMILES string of the molecule is CN=C(NCCc1c[nH]c2ccc(F)cc12)NCC(c1cnn(C)c1)N(C)C.I. The number of hydrogen-bond acceptors (Lipinski definition) is 3. The summed E-state index contributed by atoms with van der Waals surface area (Å²) in [6.07, 6.45) is 6.62. The molecule has 29 heavy (non-hydrogen) atoms. The van der Waals surface area contributed by atoms with Crippen molar-refractivity contribution in [1.29, 1.82) is 0 Å². The van der Waals surface area contributed by atoms with Crippen molar-refractivity contribution in [2.45, 2.75) is 12.5 Å². The molecule has 7 nitrogen and oxygen atoms in total. The van der Waals surface area contributed by atoms with Crippen molar-refractivity contribution in [3.8, 4) is 0 Å². The Morgan fingerprint density at radius 1 is 1.34 bits per heavy atom. The van der Waals surface area contributed by atoms with Crippen LogP contribution in [0, 0.1) is 5.82 Å². The molecule has 1 unspecified atom stereocenters. The summed E-state index contributed by atoms with van der Waals surface area (Å²) < 4.78 is 15.3. The van der Waals surface area contributed by atoms with Crippen molar-refractivity contribution in [2.24, 2.45) is 12.0 Å². The fourth-order valence-electron chi connectivity index (χ4n) is 3.30. The number of likely N-dealkylation sites (N-methyl/N-ethyl adjacent to an activating group) is 1. The van der Waals surface area contributed by atoms with E-state index in [1.54, 1.807) is 19.2 Å². The zero-order valence-corrected chi connectivity index (χ0v) is 19.6. The maximum absolute atomic E-state index is 13.5. The Balaban J connectivity index is 0.00000300. The number of halogens is 2. The maximum Gasteiger partial charge on any atom is 0.191 e. The number of rotatable bonds is 7. The Hall–Kier alpha value is -2.14. The standard InChI is InChI=1S/C20H28FN7.HI/c1-22-20(25-12-19(27(2)3)15-11-26-28(4)13-15)23-8-7-14-10-24-18-6-5-16(21)9-17(14)18;/h5-6,9-11,13,19,24H,7-8,12H2,1-4H3,(H2,22,23,25);1H. The molecule has 158 valence electrons. The van der Waals surface area contributed by atoms with Gasteiger partial charge in [0.1, 0.15) is 5.82 Å². The maximum atomic E-state index is 13.5. The molecule has 0 radical (unpaired) electrons. The molecule has 0 aliphatic carbocycles. The van der Waals surface area contributed by atoms with Crippen molar-refractivity contribution >= 4 is 40.8 Å². The first-order valence-electron chi connectivity index (χ1n) is 9.33. The second-order valence-electron chi connectivity index (χ2n) is 7.06. The molecule has 3 N–H and O–H groups in total. The van der Waals surface area contributed by atoms with Crippen LogP contribution in [0.15, 0.2) is 41.8 Å². The van der Waals surface area contributed by atoms with Gasteiger partial charge in [0.25, 0.3) is 0 Å². The van der Waals surface area contributed by atoms with E-state index in [4.69, 9.17) is 0 Å². The zero-order chi connectivity index (χ0) is 20.1. The third-order valence-corrected chi connectivity index (χ3v) is 4.84. The lowest BCUT2D eigenvalue weighted by Gasteiger charge is -2.24. The van der Waals surface area contributed by atoms with Crippen LogP contribution in [-0.2, 0) is 13.5 Å². The van der Waals surface area contributed by atoms with Crippen LogP contribution in [0.2, 0.25) is 0 Å². The van der Waals surface area contributed by atoms with E-state index in [0.29, 0.717) is 13.1 Å². The molecule has 0 aliphatic heterocycles. The number of aromatic amines is 1. The number of aryl methyl sites for hydroxylation is 1. The van der Waals surface area contributed by atoms with Crippen molar-refractivity contribution in [3.63, 3.8) is 0 Å². The van der Waals surface area contributed by atoms with Gasteiger partial charge in [0.15, 0.2) is 5.96 Å². The lowest BCUT2D eigenvalue weighted by atomic mass is 10.1. The lowest BCUT2D eigenvalue weighted by Crippen LogP contribution is -2.42. The van der Waals surface area contributed by atoms with Crippen LogP contribution in [0.25, 0.3) is 10.9 Å². The molecule has 0 bridgehead atoms. The van der Waals surface area contributed by atoms with E-state index >= 15 is 0 Å². The van der Waals surface area contributed by atoms with E-state index in [1.165, 1.54) is 6.07 Å². The molecule has 3 aromatic rings. The number of H-pyrrole nitrogens is 1. The molecule has 0 aliphatic rings. The molecule has 0 amide bonds. The quantitative estimate of drug-likeness (QED) is 0.258. The van der Waals surface area contributed by atoms with E-state index in [0.717, 1.165) is 34.4 Å². The van der Waals surface area contributed by atoms with Crippen LogP contribution in [0.1, 0.15) is 17.2 Å². The molecule has 1 aromatic carbocycles. The number of guanidine groups is 1. The van der Waals surface area contributed by atoms with Gasteiger partial charge in [-0.2, -0.15) is 5.10 Å². The summed E-state index contributed by atoms with van der Waals surface area (Å²) >= 11 is 0. The summed E-state index contributed by atoms with van der Waals surface area (Å²) in [4.78, 5) is 9.64. The number of nitrogens with zero attached hydrogens (tertiary/aromatic N) is 4. The third-order valence-electron chi connectivity index (χ3n) is 4.84. The number of aromatic nitrogens is 3. The summed E-state index contributed by atoms with van der Waals surface area (Å²) in [5.74, 6) is 0.519. The van der Waals surface area contributed by atoms with Gasteiger partial charge in [0, 0.05) is 56.0 Å². The molecule has 9 heteroatoms. The average Bonchev–Trinajstić information content (AvgIpc) is 3.26. The molecule has 0 saturated heterocycles. The van der Waals surface area contributed by atoms with Crippen molar-refractivity contribution < 1.29 is 4.39 Å². The second kappa shape index (κ2) is 10.6. The highest BCUT2D eigenvalue weighted by Gasteiger charge is 2.16. The van der Waals surface area contributed by atoms with E-state index in [-0.39, 0.29) is 35.8 Å². The van der Waals surface area contributed by atoms with Gasteiger partial charge < -0.3 is 20.5 Å². The van der Waals surface area contributed by atoms with Gasteiger partial charge in [-0.05, 0) is 44.3 Å². The normalized spacial score (nSPS) is 12.8. The van der Waals surface area contributed by atoms with E-state index in [1.807, 2.05) is 44.4 Å². The molecule has 0 saturated carbocycles. The Morgan fingerprint density at radius 3 is 2.79 bits per heavy atom. The van der Waals surface area contributed by atoms with Gasteiger partial charge >= 0.3 is 0 Å². The minimum Gasteiger partial charge on any atom is -0.361 e. The predicted octanol–water partition coefficient (Wildman–Crippen LogP) is 2.67. The minimum absolute atomic E-state index is 0. The fourth-order valence-corrected chi connectivity index (χ4v) is 3.30. The number of aliphatic imine (C=N–C) groups is 1. The van der Waals surface area contributed by atoms with Crippen LogP contribution in [0.3, 0.4) is 0 Å². The van der Waals surface area contributed by atoms with Gasteiger partial charge in [0.05, 0.1) is 12.2 Å². The van der Waals surface area contributed by atoms with E-state index < -0.39 is 0 Å². The Labute approximate surface area is 187 Å². The second-order valence-corrected chi connectivity index (χ2v) is 7.06. The van der Waals surface area contributed by atoms with Gasteiger partial charge in [-0.15, -0.1) is 24.0 Å². The molecular formula is C20H29FIN7. The fraction of sp³-hybridized carbons (Fsp3) is 0.400. The van der Waals surface area contributed by atoms with Crippen LogP contribution in [0.5, 0.6) is 0 Å². The van der Waals surface area contributed by atoms with Crippen LogP contribution < -0.4 is 10.6 Å². The van der Waals surface area contributed by atoms with Gasteiger partial charge in [-0.3, -0.25) is 9.67 Å². The molecule has 3 rings (SSSR count).